The second-order valence-electron chi connectivity index (χ2n) is 7.58. The minimum atomic E-state index is -0.699. The van der Waals surface area contributed by atoms with Crippen molar-refractivity contribution < 1.29 is 14.0 Å². The molecule has 154 valence electrons. The predicted octanol–water partition coefficient (Wildman–Crippen LogP) is 4.50. The molecule has 0 aliphatic heterocycles. The molecule has 1 unspecified atom stereocenters. The molecule has 2 aromatic carbocycles. The Kier molecular flexibility index (Phi) is 7.26. The van der Waals surface area contributed by atoms with Crippen molar-refractivity contribution >= 4 is 23.4 Å². The molecule has 1 N–H and O–H groups in total. The molecule has 0 spiro atoms. The quantitative estimate of drug-likeness (QED) is 0.722. The van der Waals surface area contributed by atoms with E-state index in [1.165, 1.54) is 11.0 Å². The number of hydrogen-bond acceptors (Lipinski definition) is 2. The van der Waals surface area contributed by atoms with Crippen molar-refractivity contribution in [3.63, 3.8) is 0 Å². The molecular weight excluding hydrogens is 391 g/mol. The summed E-state index contributed by atoms with van der Waals surface area (Å²) >= 11 is 5.92. The predicted molar refractivity (Wildman–Crippen MR) is 112 cm³/mol. The zero-order valence-electron chi connectivity index (χ0n) is 16.5. The van der Waals surface area contributed by atoms with Gasteiger partial charge in [-0.3, -0.25) is 9.59 Å². The maximum atomic E-state index is 14.2. The Balaban J connectivity index is 1.77. The van der Waals surface area contributed by atoms with Crippen molar-refractivity contribution in [3.05, 3.63) is 70.5 Å². The second kappa shape index (κ2) is 9.88. The lowest BCUT2D eigenvalue weighted by Gasteiger charge is -2.30. The first-order valence-electron chi connectivity index (χ1n) is 10.0. The van der Waals surface area contributed by atoms with Gasteiger partial charge in [0.25, 0.3) is 0 Å². The van der Waals surface area contributed by atoms with Crippen LogP contribution in [-0.4, -0.2) is 28.8 Å². The van der Waals surface area contributed by atoms with Crippen LogP contribution in [0.2, 0.25) is 5.02 Å². The van der Waals surface area contributed by atoms with E-state index in [2.05, 4.69) is 5.32 Å². The average molecular weight is 417 g/mol. The highest BCUT2D eigenvalue weighted by Crippen LogP contribution is 2.19. The van der Waals surface area contributed by atoms with E-state index >= 15 is 0 Å². The van der Waals surface area contributed by atoms with Gasteiger partial charge in [0.15, 0.2) is 0 Å². The highest BCUT2D eigenvalue weighted by Gasteiger charge is 2.29. The maximum absolute atomic E-state index is 14.2. The Morgan fingerprint density at radius 3 is 2.45 bits per heavy atom. The number of rotatable bonds is 7. The molecule has 1 atom stereocenters. The van der Waals surface area contributed by atoms with Crippen LogP contribution < -0.4 is 5.32 Å². The molecule has 3 rings (SSSR count). The van der Waals surface area contributed by atoms with Gasteiger partial charge in [-0.25, -0.2) is 4.39 Å². The molecular formula is C23H26ClFN2O2. The maximum Gasteiger partial charge on any atom is 0.242 e. The first-order valence-corrected chi connectivity index (χ1v) is 10.4. The van der Waals surface area contributed by atoms with Gasteiger partial charge in [0.05, 0.1) is 6.42 Å². The van der Waals surface area contributed by atoms with Crippen LogP contribution in [0.5, 0.6) is 0 Å². The fraction of sp³-hybridized carbons (Fsp3) is 0.391. The second-order valence-corrected chi connectivity index (χ2v) is 8.02. The summed E-state index contributed by atoms with van der Waals surface area (Å²) in [4.78, 5) is 27.3. The third kappa shape index (κ3) is 5.80. The van der Waals surface area contributed by atoms with Gasteiger partial charge in [-0.15, -0.1) is 0 Å². The van der Waals surface area contributed by atoms with Gasteiger partial charge in [-0.2, -0.15) is 0 Å². The van der Waals surface area contributed by atoms with Crippen molar-refractivity contribution in [2.75, 3.05) is 0 Å². The number of halogens is 2. The average Bonchev–Trinajstić information content (AvgIpc) is 3.21. The molecule has 1 aliphatic rings. The SMILES string of the molecule is CC(C(=O)NC1CCCC1)N(Cc1ccccc1F)C(=O)Cc1ccc(Cl)cc1. The Morgan fingerprint density at radius 1 is 1.14 bits per heavy atom. The van der Waals surface area contributed by atoms with Gasteiger partial charge in [0, 0.05) is 23.2 Å². The zero-order chi connectivity index (χ0) is 20.8. The topological polar surface area (TPSA) is 49.4 Å². The lowest BCUT2D eigenvalue weighted by atomic mass is 10.1. The van der Waals surface area contributed by atoms with E-state index in [1.807, 2.05) is 0 Å². The summed E-state index contributed by atoms with van der Waals surface area (Å²) in [6.07, 6.45) is 4.25. The van der Waals surface area contributed by atoms with Crippen LogP contribution in [0.3, 0.4) is 0 Å². The number of carbonyl (C=O) groups excluding carboxylic acids is 2. The van der Waals surface area contributed by atoms with Crippen molar-refractivity contribution in [3.8, 4) is 0 Å². The van der Waals surface area contributed by atoms with Gasteiger partial charge in [0.2, 0.25) is 11.8 Å². The summed E-state index contributed by atoms with van der Waals surface area (Å²) < 4.78 is 14.2. The molecule has 0 heterocycles. The van der Waals surface area contributed by atoms with E-state index in [1.54, 1.807) is 49.4 Å². The molecule has 0 radical (unpaired) electrons. The third-order valence-corrected chi connectivity index (χ3v) is 5.69. The minimum absolute atomic E-state index is 0.0400. The smallest absolute Gasteiger partial charge is 0.242 e. The lowest BCUT2D eigenvalue weighted by Crippen LogP contribution is -2.50. The van der Waals surface area contributed by atoms with Crippen LogP contribution >= 0.6 is 11.6 Å². The Hall–Kier alpha value is -2.40. The first kappa shape index (κ1) is 21.3. The van der Waals surface area contributed by atoms with Crippen LogP contribution in [0.1, 0.15) is 43.7 Å². The number of amides is 2. The number of carbonyl (C=O) groups is 2. The van der Waals surface area contributed by atoms with Crippen LogP contribution in [-0.2, 0) is 22.6 Å². The summed E-state index contributed by atoms with van der Waals surface area (Å²) in [5.41, 5.74) is 1.18. The molecule has 4 nitrogen and oxygen atoms in total. The molecule has 2 aromatic rings. The summed E-state index contributed by atoms with van der Waals surface area (Å²) in [6.45, 7) is 1.74. The monoisotopic (exact) mass is 416 g/mol. The standard InChI is InChI=1S/C23H26ClFN2O2/c1-16(23(29)26-20-7-3-4-8-20)27(15-18-6-2-5-9-21(18)25)22(28)14-17-10-12-19(24)13-11-17/h2,5-6,9-13,16,20H,3-4,7-8,14-15H2,1H3,(H,26,29). The van der Waals surface area contributed by atoms with E-state index < -0.39 is 6.04 Å². The molecule has 0 aromatic heterocycles. The van der Waals surface area contributed by atoms with E-state index in [-0.39, 0.29) is 36.6 Å². The van der Waals surface area contributed by atoms with E-state index in [0.29, 0.717) is 10.6 Å². The molecule has 0 bridgehead atoms. The number of nitrogens with zero attached hydrogens (tertiary/aromatic N) is 1. The fourth-order valence-corrected chi connectivity index (χ4v) is 3.79. The Labute approximate surface area is 176 Å². The van der Waals surface area contributed by atoms with Gasteiger partial charge in [0.1, 0.15) is 11.9 Å². The molecule has 1 aliphatic carbocycles. The van der Waals surface area contributed by atoms with Gasteiger partial charge >= 0.3 is 0 Å². The Bertz CT molecular complexity index is 850. The minimum Gasteiger partial charge on any atom is -0.352 e. The lowest BCUT2D eigenvalue weighted by molar-refractivity contribution is -0.140. The molecule has 6 heteroatoms. The van der Waals surface area contributed by atoms with Crippen LogP contribution in [0.4, 0.5) is 4.39 Å². The van der Waals surface area contributed by atoms with Gasteiger partial charge in [-0.1, -0.05) is 54.8 Å². The van der Waals surface area contributed by atoms with Crippen LogP contribution in [0, 0.1) is 5.82 Å². The largest absolute Gasteiger partial charge is 0.352 e. The van der Waals surface area contributed by atoms with Crippen molar-refractivity contribution in [1.29, 1.82) is 0 Å². The van der Waals surface area contributed by atoms with Crippen molar-refractivity contribution in [2.24, 2.45) is 0 Å². The van der Waals surface area contributed by atoms with Crippen molar-refractivity contribution in [2.45, 2.75) is 57.7 Å². The number of benzene rings is 2. The summed E-state index contributed by atoms with van der Waals surface area (Å²) in [7, 11) is 0. The van der Waals surface area contributed by atoms with Crippen molar-refractivity contribution in [1.82, 2.24) is 10.2 Å². The Morgan fingerprint density at radius 2 is 1.79 bits per heavy atom. The molecule has 1 saturated carbocycles. The van der Waals surface area contributed by atoms with Gasteiger partial charge in [-0.05, 0) is 43.5 Å². The fourth-order valence-electron chi connectivity index (χ4n) is 3.66. The number of hydrogen-bond donors (Lipinski definition) is 1. The zero-order valence-corrected chi connectivity index (χ0v) is 17.3. The molecule has 2 amide bonds. The highest BCUT2D eigenvalue weighted by atomic mass is 35.5. The molecule has 29 heavy (non-hydrogen) atoms. The normalized spacial score (nSPS) is 15.1. The summed E-state index contributed by atoms with van der Waals surface area (Å²) in [5, 5.41) is 3.63. The number of nitrogens with one attached hydrogen (secondary N) is 1. The third-order valence-electron chi connectivity index (χ3n) is 5.44. The van der Waals surface area contributed by atoms with Crippen LogP contribution in [0.25, 0.3) is 0 Å². The molecule has 1 fully saturated rings. The first-order chi connectivity index (χ1) is 13.9. The van der Waals surface area contributed by atoms with E-state index in [4.69, 9.17) is 11.6 Å². The van der Waals surface area contributed by atoms with E-state index in [9.17, 15) is 14.0 Å². The van der Waals surface area contributed by atoms with Crippen LogP contribution in [0.15, 0.2) is 48.5 Å². The van der Waals surface area contributed by atoms with Gasteiger partial charge < -0.3 is 10.2 Å². The summed E-state index contributed by atoms with van der Waals surface area (Å²) in [5.74, 6) is -0.817. The highest BCUT2D eigenvalue weighted by molar-refractivity contribution is 6.30. The summed E-state index contributed by atoms with van der Waals surface area (Å²) in [6, 6.07) is 12.8. The molecule has 0 saturated heterocycles. The van der Waals surface area contributed by atoms with E-state index in [0.717, 1.165) is 31.2 Å².